The lowest BCUT2D eigenvalue weighted by Crippen LogP contribution is -2.45. The number of halogens is 4. The van der Waals surface area contributed by atoms with Crippen molar-refractivity contribution in [2.45, 2.75) is 77.7 Å². The second-order valence-electron chi connectivity index (χ2n) is 10.6. The van der Waals surface area contributed by atoms with Crippen LogP contribution in [-0.4, -0.2) is 60.7 Å². The zero-order valence-electron chi connectivity index (χ0n) is 23.1. The number of methoxy groups -OCH3 is 1. The quantitative estimate of drug-likeness (QED) is 0.356. The maximum absolute atomic E-state index is 13.1. The molecule has 0 radical (unpaired) electrons. The molecule has 1 aliphatic carbocycles. The van der Waals surface area contributed by atoms with Gasteiger partial charge in [0.1, 0.15) is 11.8 Å². The summed E-state index contributed by atoms with van der Waals surface area (Å²) < 4.78 is 62.7. The normalized spacial score (nSPS) is 19.8. The van der Waals surface area contributed by atoms with Gasteiger partial charge >= 0.3 is 17.7 Å². The molecule has 1 atom stereocenters. The topological polar surface area (TPSA) is 123 Å². The van der Waals surface area contributed by atoms with E-state index in [1.807, 2.05) is 13.8 Å². The Bertz CT molecular complexity index is 1190. The highest BCUT2D eigenvalue weighted by molar-refractivity contribution is 7.51. The Labute approximate surface area is 240 Å². The van der Waals surface area contributed by atoms with Crippen molar-refractivity contribution in [1.82, 2.24) is 15.1 Å². The molecule has 0 aliphatic heterocycles. The number of anilines is 1. The number of nitrogens with zero attached hydrogens (tertiary/aromatic N) is 2. The van der Waals surface area contributed by atoms with Crippen molar-refractivity contribution < 1.29 is 36.2 Å². The van der Waals surface area contributed by atoms with E-state index in [1.54, 1.807) is 10.7 Å². The highest BCUT2D eigenvalue weighted by Crippen LogP contribution is 2.39. The van der Waals surface area contributed by atoms with Gasteiger partial charge in [0, 0.05) is 30.4 Å². The van der Waals surface area contributed by atoms with Crippen LogP contribution >= 0.6 is 11.6 Å². The fourth-order valence-electron chi connectivity index (χ4n) is 4.43. The first-order chi connectivity index (χ1) is 18.7. The van der Waals surface area contributed by atoms with Gasteiger partial charge in [-0.25, -0.2) is 0 Å². The number of hydrogen-bond donors (Lipinski definition) is 3. The summed E-state index contributed by atoms with van der Waals surface area (Å²) in [6.07, 6.45) is -1.39. The monoisotopic (exact) mass is 608 g/mol. The van der Waals surface area contributed by atoms with Gasteiger partial charge in [-0.3, -0.25) is 9.48 Å². The maximum atomic E-state index is 13.1. The van der Waals surface area contributed by atoms with E-state index in [9.17, 15) is 23.1 Å². The lowest BCUT2D eigenvalue weighted by molar-refractivity contribution is -0.138. The van der Waals surface area contributed by atoms with Crippen LogP contribution in [0, 0.1) is 11.8 Å². The Morgan fingerprint density at radius 2 is 1.88 bits per heavy atom. The molecule has 14 heteroatoms. The van der Waals surface area contributed by atoms with Crippen LogP contribution in [0.2, 0.25) is 5.02 Å². The summed E-state index contributed by atoms with van der Waals surface area (Å²) in [5, 5.41) is 20.6. The van der Waals surface area contributed by atoms with Gasteiger partial charge in [-0.2, -0.15) is 26.7 Å². The van der Waals surface area contributed by atoms with Gasteiger partial charge in [-0.15, -0.1) is 0 Å². The average molecular weight is 609 g/mol. The molecular formula is C26H36ClF3N4O5S. The SMILES string of the molecule is COc1cc(N[C@H](C)C(F)(F)F)ccc1-c1c(Cl)c(C(=O)NCC2(O)CCC(C)CC2)nn1CC(C)C.O=S=O. The summed E-state index contributed by atoms with van der Waals surface area (Å²) in [5.74, 6) is 0.490. The first kappa shape index (κ1) is 33.6. The predicted octanol–water partition coefficient (Wildman–Crippen LogP) is 5.23. The largest absolute Gasteiger partial charge is 0.496 e. The van der Waals surface area contributed by atoms with Crippen molar-refractivity contribution in [2.24, 2.45) is 11.8 Å². The summed E-state index contributed by atoms with van der Waals surface area (Å²) in [5.41, 5.74) is 0.199. The van der Waals surface area contributed by atoms with Crippen molar-refractivity contribution in [3.8, 4) is 17.0 Å². The Hall–Kier alpha value is -2.64. The Balaban J connectivity index is 0.00000178. The number of hydrogen-bond acceptors (Lipinski definition) is 7. The van der Waals surface area contributed by atoms with Gasteiger partial charge < -0.3 is 20.5 Å². The molecule has 0 unspecified atom stereocenters. The Kier molecular flexibility index (Phi) is 12.0. The molecule has 1 amide bonds. The lowest BCUT2D eigenvalue weighted by Gasteiger charge is -2.34. The van der Waals surface area contributed by atoms with E-state index < -0.39 is 35.3 Å². The van der Waals surface area contributed by atoms with Gasteiger partial charge in [0.2, 0.25) is 0 Å². The third-order valence-electron chi connectivity index (χ3n) is 6.76. The molecule has 1 aliphatic rings. The molecule has 1 fully saturated rings. The molecular weight excluding hydrogens is 573 g/mol. The smallest absolute Gasteiger partial charge is 0.408 e. The summed E-state index contributed by atoms with van der Waals surface area (Å²) in [4.78, 5) is 13.1. The number of ether oxygens (including phenoxy) is 1. The molecule has 3 rings (SSSR count). The molecule has 1 aromatic heterocycles. The van der Waals surface area contributed by atoms with Crippen molar-refractivity contribution >= 4 is 34.8 Å². The molecule has 9 nitrogen and oxygen atoms in total. The molecule has 0 bridgehead atoms. The van der Waals surface area contributed by atoms with Crippen LogP contribution in [0.4, 0.5) is 18.9 Å². The molecule has 224 valence electrons. The van der Waals surface area contributed by atoms with Crippen molar-refractivity contribution in [2.75, 3.05) is 19.0 Å². The van der Waals surface area contributed by atoms with Gasteiger partial charge in [-0.1, -0.05) is 32.4 Å². The van der Waals surface area contributed by atoms with Crippen LogP contribution in [0.3, 0.4) is 0 Å². The van der Waals surface area contributed by atoms with E-state index in [0.29, 0.717) is 36.6 Å². The summed E-state index contributed by atoms with van der Waals surface area (Å²) >= 11 is 5.95. The third kappa shape index (κ3) is 8.93. The number of benzene rings is 1. The molecule has 0 saturated heterocycles. The highest BCUT2D eigenvalue weighted by Gasteiger charge is 2.36. The van der Waals surface area contributed by atoms with E-state index in [-0.39, 0.29) is 34.6 Å². The number of aromatic nitrogens is 2. The fourth-order valence-corrected chi connectivity index (χ4v) is 4.76. The van der Waals surface area contributed by atoms with Crippen molar-refractivity contribution in [3.05, 3.63) is 28.9 Å². The molecule has 1 heterocycles. The predicted molar refractivity (Wildman–Crippen MR) is 147 cm³/mol. The zero-order valence-corrected chi connectivity index (χ0v) is 24.7. The van der Waals surface area contributed by atoms with E-state index >= 15 is 0 Å². The van der Waals surface area contributed by atoms with Gasteiger partial charge in [0.15, 0.2) is 5.69 Å². The number of amides is 1. The fraction of sp³-hybridized carbons (Fsp3) is 0.615. The second-order valence-corrected chi connectivity index (χ2v) is 11.1. The highest BCUT2D eigenvalue weighted by atomic mass is 35.5. The lowest BCUT2D eigenvalue weighted by atomic mass is 9.79. The van der Waals surface area contributed by atoms with Crippen LogP contribution in [-0.2, 0) is 18.1 Å². The van der Waals surface area contributed by atoms with Crippen LogP contribution in [0.15, 0.2) is 18.2 Å². The molecule has 1 saturated carbocycles. The van der Waals surface area contributed by atoms with Crippen LogP contribution in [0.25, 0.3) is 11.3 Å². The second kappa shape index (κ2) is 14.3. The van der Waals surface area contributed by atoms with Gasteiger partial charge in [0.25, 0.3) is 5.91 Å². The standard InChI is InChI=1S/C26H36ClF3N4O3.O2S/c1-15(2)13-34-23(19-7-6-18(12-20(19)37-5)32-17(4)26(28,29)30)21(27)22(33-34)24(35)31-14-25(36)10-8-16(3)9-11-25;1-3-2/h6-7,12,15-17,32,36H,8-11,13-14H2,1-5H3,(H,31,35);/t16?,17-,25?;/m1./s1. The minimum absolute atomic E-state index is 0.0139. The van der Waals surface area contributed by atoms with Crippen LogP contribution < -0.4 is 15.4 Å². The molecule has 1 aromatic carbocycles. The molecule has 0 spiro atoms. The maximum Gasteiger partial charge on any atom is 0.408 e. The van der Waals surface area contributed by atoms with Crippen LogP contribution in [0.1, 0.15) is 63.9 Å². The third-order valence-corrected chi connectivity index (χ3v) is 7.12. The van der Waals surface area contributed by atoms with Crippen LogP contribution in [0.5, 0.6) is 5.75 Å². The summed E-state index contributed by atoms with van der Waals surface area (Å²) in [7, 11) is 1.41. The zero-order chi connectivity index (χ0) is 30.3. The number of carbonyl (C=O) groups is 1. The summed E-state index contributed by atoms with van der Waals surface area (Å²) in [6, 6.07) is 2.80. The Morgan fingerprint density at radius 3 is 2.40 bits per heavy atom. The minimum Gasteiger partial charge on any atom is -0.496 e. The first-order valence-electron chi connectivity index (χ1n) is 12.9. The van der Waals surface area contributed by atoms with E-state index in [2.05, 4.69) is 22.7 Å². The van der Waals surface area contributed by atoms with Crippen molar-refractivity contribution in [3.63, 3.8) is 0 Å². The number of aliphatic hydroxyl groups is 1. The number of carbonyl (C=O) groups excluding carboxylic acids is 1. The first-order valence-corrected chi connectivity index (χ1v) is 13.9. The van der Waals surface area contributed by atoms with E-state index in [4.69, 9.17) is 24.8 Å². The van der Waals surface area contributed by atoms with Gasteiger partial charge in [0.05, 0.1) is 23.4 Å². The average Bonchev–Trinajstić information content (AvgIpc) is 3.19. The van der Waals surface area contributed by atoms with E-state index in [0.717, 1.165) is 19.8 Å². The molecule has 40 heavy (non-hydrogen) atoms. The summed E-state index contributed by atoms with van der Waals surface area (Å²) in [6.45, 7) is 7.70. The van der Waals surface area contributed by atoms with Gasteiger partial charge in [-0.05, 0) is 56.6 Å². The number of alkyl halides is 3. The van der Waals surface area contributed by atoms with Crippen molar-refractivity contribution in [1.29, 1.82) is 0 Å². The van der Waals surface area contributed by atoms with E-state index in [1.165, 1.54) is 19.2 Å². The minimum atomic E-state index is -4.41. The number of nitrogens with one attached hydrogen (secondary N) is 2. The molecule has 2 aromatic rings. The number of rotatable bonds is 9. The Morgan fingerprint density at radius 1 is 1.27 bits per heavy atom. The molecule has 3 N–H and O–H groups in total.